The third kappa shape index (κ3) is 5.60. The summed E-state index contributed by atoms with van der Waals surface area (Å²) in [7, 11) is 1.14. The maximum Gasteiger partial charge on any atom is 0.416 e. The average molecular weight is 544 g/mol. The Hall–Kier alpha value is -3.48. The molecule has 0 N–H and O–H groups in total. The van der Waals surface area contributed by atoms with Gasteiger partial charge in [-0.1, -0.05) is 23.9 Å². The number of alkyl halides is 6. The summed E-state index contributed by atoms with van der Waals surface area (Å²) >= 11 is 0.786. The molecule has 1 saturated heterocycles. The lowest BCUT2D eigenvalue weighted by Crippen LogP contribution is -2.36. The van der Waals surface area contributed by atoms with Crippen LogP contribution in [0.25, 0.3) is 10.9 Å². The van der Waals surface area contributed by atoms with Gasteiger partial charge in [0.2, 0.25) is 5.91 Å². The molecule has 0 spiro atoms. The molecule has 1 atom stereocenters. The van der Waals surface area contributed by atoms with Crippen molar-refractivity contribution in [1.29, 1.82) is 0 Å². The van der Waals surface area contributed by atoms with Crippen molar-refractivity contribution in [3.8, 4) is 0 Å². The first kappa shape index (κ1) is 26.6. The summed E-state index contributed by atoms with van der Waals surface area (Å²) in [4.78, 5) is 36.9. The lowest BCUT2D eigenvalue weighted by Gasteiger charge is -2.17. The number of halogens is 6. The van der Waals surface area contributed by atoms with Crippen molar-refractivity contribution >= 4 is 39.8 Å². The van der Waals surface area contributed by atoms with Crippen molar-refractivity contribution in [2.45, 2.75) is 30.6 Å². The molecular weight excluding hydrogens is 526 g/mol. The number of nitrogens with zero attached hydrogens (tertiary/aromatic N) is 2. The number of amides is 2. The fourth-order valence-corrected chi connectivity index (χ4v) is 5.06. The highest BCUT2D eigenvalue weighted by Crippen LogP contribution is 2.38. The predicted molar refractivity (Wildman–Crippen MR) is 122 cm³/mol. The number of fused-ring (bicyclic) bond motifs is 1. The number of carbonyl (C=O) groups excluding carboxylic acids is 3. The minimum absolute atomic E-state index is 0.111. The van der Waals surface area contributed by atoms with Crippen LogP contribution in [0.3, 0.4) is 0 Å². The van der Waals surface area contributed by atoms with E-state index in [0.29, 0.717) is 22.5 Å². The molecule has 0 bridgehead atoms. The van der Waals surface area contributed by atoms with Gasteiger partial charge in [-0.2, -0.15) is 26.3 Å². The molecule has 0 aliphatic carbocycles. The van der Waals surface area contributed by atoms with Crippen LogP contribution in [0.4, 0.5) is 31.1 Å². The number of thioether (sulfide) groups is 1. The van der Waals surface area contributed by atoms with Crippen LogP contribution in [0, 0.1) is 0 Å². The number of benzene rings is 2. The Morgan fingerprint density at radius 1 is 1.00 bits per heavy atom. The molecule has 196 valence electrons. The van der Waals surface area contributed by atoms with Gasteiger partial charge in [-0.25, -0.2) is 0 Å². The number of carbonyl (C=O) groups is 3. The molecule has 4 rings (SSSR count). The summed E-state index contributed by atoms with van der Waals surface area (Å²) < 4.78 is 85.4. The average Bonchev–Trinajstić information content (AvgIpc) is 3.33. The van der Waals surface area contributed by atoms with Crippen molar-refractivity contribution in [1.82, 2.24) is 9.47 Å². The number of methoxy groups -OCH3 is 1. The van der Waals surface area contributed by atoms with Gasteiger partial charge in [0.15, 0.2) is 0 Å². The number of aromatic nitrogens is 1. The molecule has 13 heteroatoms. The van der Waals surface area contributed by atoms with E-state index in [0.717, 1.165) is 29.8 Å². The van der Waals surface area contributed by atoms with E-state index in [9.17, 15) is 40.7 Å². The monoisotopic (exact) mass is 544 g/mol. The minimum atomic E-state index is -4.97. The third-order valence-electron chi connectivity index (χ3n) is 5.86. The Balaban J connectivity index is 1.55. The second-order valence-electron chi connectivity index (χ2n) is 8.28. The van der Waals surface area contributed by atoms with Crippen molar-refractivity contribution in [2.75, 3.05) is 13.7 Å². The molecule has 0 saturated carbocycles. The molecule has 6 nitrogen and oxygen atoms in total. The van der Waals surface area contributed by atoms with Crippen molar-refractivity contribution < 1.29 is 45.5 Å². The number of hydrogen-bond donors (Lipinski definition) is 0. The molecule has 1 fully saturated rings. The highest BCUT2D eigenvalue weighted by atomic mass is 32.2. The Morgan fingerprint density at radius 3 is 2.38 bits per heavy atom. The number of imide groups is 1. The van der Waals surface area contributed by atoms with Gasteiger partial charge < -0.3 is 9.30 Å². The van der Waals surface area contributed by atoms with Crippen LogP contribution in [0.15, 0.2) is 48.7 Å². The van der Waals surface area contributed by atoms with Crippen LogP contribution in [0.5, 0.6) is 0 Å². The maximum absolute atomic E-state index is 13.5. The van der Waals surface area contributed by atoms with E-state index in [1.54, 1.807) is 24.3 Å². The Labute approximate surface area is 210 Å². The lowest BCUT2D eigenvalue weighted by atomic mass is 10.0. The lowest BCUT2D eigenvalue weighted by molar-refractivity contribution is -0.144. The van der Waals surface area contributed by atoms with E-state index in [2.05, 4.69) is 4.74 Å². The second-order valence-corrected chi connectivity index (χ2v) is 9.44. The zero-order valence-corrected chi connectivity index (χ0v) is 19.8. The fourth-order valence-electron chi connectivity index (χ4n) is 4.03. The first-order chi connectivity index (χ1) is 17.3. The molecule has 2 heterocycles. The van der Waals surface area contributed by atoms with E-state index in [-0.39, 0.29) is 24.6 Å². The van der Waals surface area contributed by atoms with Gasteiger partial charge in [0.25, 0.3) is 5.24 Å². The Bertz CT molecular complexity index is 1380. The highest BCUT2D eigenvalue weighted by molar-refractivity contribution is 8.15. The first-order valence-electron chi connectivity index (χ1n) is 10.7. The van der Waals surface area contributed by atoms with Crippen LogP contribution in [-0.4, -0.2) is 45.5 Å². The van der Waals surface area contributed by atoms with Gasteiger partial charge >= 0.3 is 18.3 Å². The largest absolute Gasteiger partial charge is 0.468 e. The van der Waals surface area contributed by atoms with E-state index in [4.69, 9.17) is 0 Å². The van der Waals surface area contributed by atoms with Gasteiger partial charge in [-0.05, 0) is 53.3 Å². The second kappa shape index (κ2) is 9.77. The summed E-state index contributed by atoms with van der Waals surface area (Å²) in [5.74, 6) is -1.26. The summed E-state index contributed by atoms with van der Waals surface area (Å²) in [6.45, 7) is -0.798. The van der Waals surface area contributed by atoms with Crippen LogP contribution < -0.4 is 0 Å². The Morgan fingerprint density at radius 2 is 1.73 bits per heavy atom. The highest BCUT2D eigenvalue weighted by Gasteiger charge is 2.41. The number of ether oxygens (including phenoxy) is 1. The standard InChI is InChI=1S/C24H18F6N2O4S/c1-36-20(33)12-32-21(34)19(37-22(32)35)9-13-2-5-18-14(8-13)6-7-31(18)11-15-3-4-16(23(25,26)27)10-17(15)24(28,29)30/h2-8,10,19H,9,11-12H2,1H3. The third-order valence-corrected chi connectivity index (χ3v) is 6.93. The van der Waals surface area contributed by atoms with E-state index in [1.165, 1.54) is 10.8 Å². The van der Waals surface area contributed by atoms with Crippen LogP contribution in [0.2, 0.25) is 0 Å². The van der Waals surface area contributed by atoms with Crippen molar-refractivity contribution in [3.63, 3.8) is 0 Å². The van der Waals surface area contributed by atoms with Gasteiger partial charge in [-0.3, -0.25) is 19.3 Å². The van der Waals surface area contributed by atoms with E-state index in [1.807, 2.05) is 0 Å². The van der Waals surface area contributed by atoms with Gasteiger partial charge in [0.05, 0.1) is 23.5 Å². The van der Waals surface area contributed by atoms with Gasteiger partial charge in [0.1, 0.15) is 6.54 Å². The number of rotatable bonds is 6. The molecule has 2 amide bonds. The van der Waals surface area contributed by atoms with Gasteiger partial charge in [0, 0.05) is 18.3 Å². The van der Waals surface area contributed by atoms with Crippen LogP contribution in [0.1, 0.15) is 22.3 Å². The summed E-state index contributed by atoms with van der Waals surface area (Å²) in [6.07, 6.45) is -8.19. The predicted octanol–water partition coefficient (Wildman–Crippen LogP) is 5.51. The Kier molecular flexibility index (Phi) is 7.01. The van der Waals surface area contributed by atoms with Crippen molar-refractivity contribution in [3.05, 3.63) is 70.9 Å². The quantitative estimate of drug-likeness (QED) is 0.303. The first-order valence-corrected chi connectivity index (χ1v) is 11.6. The fraction of sp³-hybridized carbons (Fsp3) is 0.292. The van der Waals surface area contributed by atoms with E-state index < -0.39 is 52.4 Å². The maximum atomic E-state index is 13.5. The molecule has 1 aliphatic heterocycles. The van der Waals surface area contributed by atoms with E-state index >= 15 is 0 Å². The number of hydrogen-bond acceptors (Lipinski definition) is 5. The molecule has 1 aromatic heterocycles. The van der Waals surface area contributed by atoms with Crippen LogP contribution in [-0.2, 0) is 39.6 Å². The topological polar surface area (TPSA) is 68.6 Å². The van der Waals surface area contributed by atoms with Gasteiger partial charge in [-0.15, -0.1) is 0 Å². The summed E-state index contributed by atoms with van der Waals surface area (Å²) in [5, 5.41) is -0.686. The summed E-state index contributed by atoms with van der Waals surface area (Å²) in [6, 6.07) is 8.18. The molecule has 1 aliphatic rings. The molecule has 37 heavy (non-hydrogen) atoms. The summed E-state index contributed by atoms with van der Waals surface area (Å²) in [5.41, 5.74) is -1.86. The molecule has 2 aromatic carbocycles. The smallest absolute Gasteiger partial charge is 0.416 e. The number of esters is 1. The molecule has 1 unspecified atom stereocenters. The minimum Gasteiger partial charge on any atom is -0.468 e. The molecule has 3 aromatic rings. The zero-order valence-electron chi connectivity index (χ0n) is 19.0. The molecular formula is C24H18F6N2O4S. The normalized spacial score (nSPS) is 16.6. The SMILES string of the molecule is COC(=O)CN1C(=O)SC(Cc2ccc3c(ccn3Cc3ccc(C(F)(F)F)cc3C(F)(F)F)c2)C1=O. The molecule has 0 radical (unpaired) electrons. The zero-order chi connectivity index (χ0) is 27.1. The van der Waals surface area contributed by atoms with Crippen LogP contribution >= 0.6 is 11.8 Å². The van der Waals surface area contributed by atoms with Crippen molar-refractivity contribution in [2.24, 2.45) is 0 Å².